The van der Waals surface area contributed by atoms with Crippen LogP contribution < -0.4 is 5.56 Å². The van der Waals surface area contributed by atoms with Crippen LogP contribution >= 0.6 is 0 Å². The first kappa shape index (κ1) is 12.8. The lowest BCUT2D eigenvalue weighted by molar-refractivity contribution is 0.240. The number of hydrogen-bond acceptors (Lipinski definition) is 2. The molecule has 1 aliphatic heterocycles. The fourth-order valence-electron chi connectivity index (χ4n) is 4.04. The van der Waals surface area contributed by atoms with Gasteiger partial charge in [-0.25, -0.2) is 0 Å². The predicted octanol–water partition coefficient (Wildman–Crippen LogP) is 3.51. The van der Waals surface area contributed by atoms with Crippen LogP contribution in [-0.4, -0.2) is 9.55 Å². The first-order valence-electron chi connectivity index (χ1n) is 7.88. The lowest BCUT2D eigenvalue weighted by Crippen LogP contribution is -2.36. The summed E-state index contributed by atoms with van der Waals surface area (Å²) >= 11 is 0. The van der Waals surface area contributed by atoms with Crippen LogP contribution in [0.15, 0.2) is 35.4 Å². The molecule has 1 fully saturated rings. The van der Waals surface area contributed by atoms with Crippen molar-refractivity contribution >= 4 is 0 Å². The van der Waals surface area contributed by atoms with Crippen LogP contribution in [0.25, 0.3) is 11.1 Å². The standard InChI is InChI=1S/C18H20N2O/c1-12-7-15(10-19-9-12)16-5-6-17-14-4-2-3-13(8-14)11-20(17)18(16)21/h5-7,9-10,13-14H,2-4,8,11H2,1H3. The minimum Gasteiger partial charge on any atom is -0.312 e. The first-order chi connectivity index (χ1) is 10.2. The molecule has 0 saturated heterocycles. The Kier molecular flexibility index (Phi) is 2.95. The Morgan fingerprint density at radius 3 is 3.00 bits per heavy atom. The van der Waals surface area contributed by atoms with E-state index in [1.54, 1.807) is 6.20 Å². The predicted molar refractivity (Wildman–Crippen MR) is 83.4 cm³/mol. The highest BCUT2D eigenvalue weighted by Gasteiger charge is 2.31. The van der Waals surface area contributed by atoms with E-state index in [2.05, 4.69) is 11.1 Å². The zero-order valence-corrected chi connectivity index (χ0v) is 12.4. The van der Waals surface area contributed by atoms with Gasteiger partial charge in [0.05, 0.1) is 0 Å². The maximum atomic E-state index is 12.9. The highest BCUT2D eigenvalue weighted by Crippen LogP contribution is 2.40. The van der Waals surface area contributed by atoms with Gasteiger partial charge in [-0.2, -0.15) is 0 Å². The van der Waals surface area contributed by atoms with Crippen molar-refractivity contribution in [3.8, 4) is 11.1 Å². The summed E-state index contributed by atoms with van der Waals surface area (Å²) < 4.78 is 2.04. The summed E-state index contributed by atoms with van der Waals surface area (Å²) in [6, 6.07) is 6.21. The smallest absolute Gasteiger partial charge is 0.258 e. The second kappa shape index (κ2) is 4.83. The second-order valence-electron chi connectivity index (χ2n) is 6.57. The summed E-state index contributed by atoms with van der Waals surface area (Å²) in [7, 11) is 0. The Labute approximate surface area is 124 Å². The zero-order chi connectivity index (χ0) is 14.4. The van der Waals surface area contributed by atoms with Crippen molar-refractivity contribution in [3.63, 3.8) is 0 Å². The minimum atomic E-state index is 0.163. The summed E-state index contributed by atoms with van der Waals surface area (Å²) in [6.45, 7) is 2.91. The molecule has 2 aromatic rings. The molecule has 3 heteroatoms. The van der Waals surface area contributed by atoms with Gasteiger partial charge in [-0.3, -0.25) is 9.78 Å². The molecule has 2 bridgehead atoms. The van der Waals surface area contributed by atoms with Crippen molar-refractivity contribution in [1.82, 2.24) is 9.55 Å². The van der Waals surface area contributed by atoms with Crippen LogP contribution in [0.5, 0.6) is 0 Å². The second-order valence-corrected chi connectivity index (χ2v) is 6.57. The van der Waals surface area contributed by atoms with Crippen molar-refractivity contribution in [2.45, 2.75) is 45.1 Å². The van der Waals surface area contributed by atoms with Gasteiger partial charge in [0.1, 0.15) is 0 Å². The molecule has 2 aliphatic rings. The molecule has 2 unspecified atom stereocenters. The van der Waals surface area contributed by atoms with Crippen molar-refractivity contribution in [1.29, 1.82) is 0 Å². The molecule has 2 atom stereocenters. The number of fused-ring (bicyclic) bond motifs is 4. The zero-order valence-electron chi connectivity index (χ0n) is 12.4. The molecule has 0 amide bonds. The van der Waals surface area contributed by atoms with Crippen molar-refractivity contribution in [2.75, 3.05) is 0 Å². The third-order valence-electron chi connectivity index (χ3n) is 5.04. The molecular formula is C18H20N2O. The van der Waals surface area contributed by atoms with E-state index in [0.29, 0.717) is 11.8 Å². The quantitative estimate of drug-likeness (QED) is 0.801. The van der Waals surface area contributed by atoms with Gasteiger partial charge >= 0.3 is 0 Å². The SMILES string of the molecule is Cc1cncc(-c2ccc3n(c2=O)CC2CCCC3C2)c1. The number of hydrogen-bond donors (Lipinski definition) is 0. The van der Waals surface area contributed by atoms with E-state index in [0.717, 1.165) is 23.2 Å². The summed E-state index contributed by atoms with van der Waals surface area (Å²) in [4.78, 5) is 17.1. The molecule has 1 saturated carbocycles. The lowest BCUT2D eigenvalue weighted by Gasteiger charge is -2.37. The van der Waals surface area contributed by atoms with Gasteiger partial charge in [0, 0.05) is 35.8 Å². The van der Waals surface area contributed by atoms with Gasteiger partial charge in [0.2, 0.25) is 0 Å². The summed E-state index contributed by atoms with van der Waals surface area (Å²) in [5.41, 5.74) is 4.23. The molecular weight excluding hydrogens is 260 g/mol. The van der Waals surface area contributed by atoms with Gasteiger partial charge in [-0.1, -0.05) is 6.42 Å². The van der Waals surface area contributed by atoms with Crippen molar-refractivity contribution in [3.05, 3.63) is 52.2 Å². The van der Waals surface area contributed by atoms with E-state index in [-0.39, 0.29) is 5.56 Å². The first-order valence-corrected chi connectivity index (χ1v) is 7.88. The molecule has 1 aliphatic carbocycles. The van der Waals surface area contributed by atoms with Crippen LogP contribution in [0.4, 0.5) is 0 Å². The number of aromatic nitrogens is 2. The molecule has 21 heavy (non-hydrogen) atoms. The van der Waals surface area contributed by atoms with Crippen LogP contribution in [0.2, 0.25) is 0 Å². The Morgan fingerprint density at radius 2 is 2.14 bits per heavy atom. The van der Waals surface area contributed by atoms with Gasteiger partial charge in [-0.05, 0) is 61.8 Å². The largest absolute Gasteiger partial charge is 0.312 e. The Balaban J connectivity index is 1.86. The van der Waals surface area contributed by atoms with E-state index in [1.807, 2.05) is 29.8 Å². The highest BCUT2D eigenvalue weighted by atomic mass is 16.1. The lowest BCUT2D eigenvalue weighted by atomic mass is 9.76. The molecule has 0 aromatic carbocycles. The maximum Gasteiger partial charge on any atom is 0.258 e. The third kappa shape index (κ3) is 2.11. The summed E-state index contributed by atoms with van der Waals surface area (Å²) in [5.74, 6) is 1.29. The van der Waals surface area contributed by atoms with Crippen molar-refractivity contribution < 1.29 is 0 Å². The Morgan fingerprint density at radius 1 is 1.24 bits per heavy atom. The van der Waals surface area contributed by atoms with Gasteiger partial charge in [-0.15, -0.1) is 0 Å². The van der Waals surface area contributed by atoms with E-state index < -0.39 is 0 Å². The van der Waals surface area contributed by atoms with E-state index >= 15 is 0 Å². The van der Waals surface area contributed by atoms with Crippen LogP contribution in [0, 0.1) is 12.8 Å². The van der Waals surface area contributed by atoms with E-state index in [9.17, 15) is 4.79 Å². The molecule has 2 aromatic heterocycles. The summed E-state index contributed by atoms with van der Waals surface area (Å²) in [6.07, 6.45) is 8.71. The number of nitrogens with zero attached hydrogens (tertiary/aromatic N) is 2. The molecule has 4 rings (SSSR count). The van der Waals surface area contributed by atoms with Crippen LogP contribution in [-0.2, 0) is 6.54 Å². The molecule has 3 nitrogen and oxygen atoms in total. The maximum absolute atomic E-state index is 12.9. The highest BCUT2D eigenvalue weighted by molar-refractivity contribution is 5.62. The molecule has 0 N–H and O–H groups in total. The third-order valence-corrected chi connectivity index (χ3v) is 5.04. The molecule has 0 radical (unpaired) electrons. The molecule has 108 valence electrons. The average molecular weight is 280 g/mol. The monoisotopic (exact) mass is 280 g/mol. The van der Waals surface area contributed by atoms with Crippen molar-refractivity contribution in [2.24, 2.45) is 5.92 Å². The van der Waals surface area contributed by atoms with Gasteiger partial charge in [0.15, 0.2) is 0 Å². The van der Waals surface area contributed by atoms with Crippen LogP contribution in [0.3, 0.4) is 0 Å². The topological polar surface area (TPSA) is 34.9 Å². The van der Waals surface area contributed by atoms with E-state index in [1.165, 1.54) is 31.4 Å². The minimum absolute atomic E-state index is 0.163. The molecule has 3 heterocycles. The number of rotatable bonds is 1. The van der Waals surface area contributed by atoms with Gasteiger partial charge < -0.3 is 4.57 Å². The fraction of sp³-hybridized carbons (Fsp3) is 0.444. The summed E-state index contributed by atoms with van der Waals surface area (Å²) in [5, 5.41) is 0. The Hall–Kier alpha value is -1.90. The van der Waals surface area contributed by atoms with E-state index in [4.69, 9.17) is 0 Å². The number of aryl methyl sites for hydroxylation is 1. The Bertz CT molecular complexity index is 747. The fourth-order valence-corrected chi connectivity index (χ4v) is 4.04. The van der Waals surface area contributed by atoms with Crippen LogP contribution in [0.1, 0.15) is 42.9 Å². The number of pyridine rings is 2. The molecule has 0 spiro atoms. The average Bonchev–Trinajstić information content (AvgIpc) is 2.49. The van der Waals surface area contributed by atoms with Gasteiger partial charge in [0.25, 0.3) is 5.56 Å². The normalized spacial score (nSPS) is 23.7.